The second-order valence-electron chi connectivity index (χ2n) is 5.45. The summed E-state index contributed by atoms with van der Waals surface area (Å²) < 4.78 is 0. The predicted octanol–water partition coefficient (Wildman–Crippen LogP) is -0.205. The summed E-state index contributed by atoms with van der Waals surface area (Å²) in [5.41, 5.74) is 0. The molecule has 0 radical (unpaired) electrons. The molecule has 6 heteroatoms. The van der Waals surface area contributed by atoms with Gasteiger partial charge in [-0.3, -0.25) is 0 Å². The summed E-state index contributed by atoms with van der Waals surface area (Å²) in [6, 6.07) is 0. The van der Waals surface area contributed by atoms with Crippen molar-refractivity contribution >= 4 is 0 Å². The van der Waals surface area contributed by atoms with Crippen LogP contribution in [0.15, 0.2) is 0 Å². The van der Waals surface area contributed by atoms with Gasteiger partial charge in [-0.2, -0.15) is 0 Å². The Balaban J connectivity index is -0.0000000361. The molecule has 0 heterocycles. The third-order valence-corrected chi connectivity index (χ3v) is 0.591. The van der Waals surface area contributed by atoms with Crippen LogP contribution in [0.5, 0.6) is 0 Å². The molecule has 0 aromatic heterocycles. The van der Waals surface area contributed by atoms with Gasteiger partial charge in [-0.1, -0.05) is 62.3 Å². The first-order valence-corrected chi connectivity index (χ1v) is 7.51. The van der Waals surface area contributed by atoms with Crippen LogP contribution in [0.3, 0.4) is 0 Å². The van der Waals surface area contributed by atoms with E-state index in [2.05, 4.69) is 0 Å². The van der Waals surface area contributed by atoms with Crippen LogP contribution in [-0.2, 0) is 21.7 Å². The van der Waals surface area contributed by atoms with Gasteiger partial charge in [0.1, 0.15) is 0 Å². The van der Waals surface area contributed by atoms with Gasteiger partial charge in [-0.25, -0.2) is 0 Å². The number of hydrogen-bond donors (Lipinski definition) is 1. The van der Waals surface area contributed by atoms with Crippen molar-refractivity contribution < 1.29 is 47.3 Å². The van der Waals surface area contributed by atoms with Crippen molar-refractivity contribution in [1.82, 2.24) is 0 Å². The maximum Gasteiger partial charge on any atom is 4.00 e. The maximum atomic E-state index is 9.53. The zero-order chi connectivity index (χ0) is 18.6. The predicted molar refractivity (Wildman–Crippen MR) is 82.5 cm³/mol. The molecule has 0 aromatic rings. The van der Waals surface area contributed by atoms with E-state index in [0.717, 1.165) is 6.42 Å². The Kier molecular flexibility index (Phi) is 57.7. The molecule has 0 aromatic carbocycles. The molecule has 0 aliphatic heterocycles. The van der Waals surface area contributed by atoms with Crippen molar-refractivity contribution in [3.8, 4) is 0 Å². The topological polar surface area (TPSA) is 112 Å². The standard InChI is InChI=1S/C4H10O.4C3H7O.Ti/c1-3-4(2)5;4*1-3(2)4;/h4-5H,3H2,1-2H3;4*3H,1-2H3;/q;4*-1;+4. The average molecular weight is 358 g/mol. The molecule has 5 nitrogen and oxygen atoms in total. The van der Waals surface area contributed by atoms with E-state index in [1.807, 2.05) is 6.92 Å². The normalized spacial score (nSPS) is 9.95. The molecule has 1 atom stereocenters. The van der Waals surface area contributed by atoms with Gasteiger partial charge >= 0.3 is 21.7 Å². The van der Waals surface area contributed by atoms with Gasteiger partial charge < -0.3 is 25.5 Å². The van der Waals surface area contributed by atoms with E-state index in [-0.39, 0.29) is 27.8 Å². The third kappa shape index (κ3) is 1240. The Labute approximate surface area is 153 Å². The zero-order valence-corrected chi connectivity index (χ0v) is 17.7. The zero-order valence-electron chi connectivity index (χ0n) is 16.2. The third-order valence-electron chi connectivity index (χ3n) is 0.591. The monoisotopic (exact) mass is 358 g/mol. The van der Waals surface area contributed by atoms with Crippen LogP contribution in [0.4, 0.5) is 0 Å². The van der Waals surface area contributed by atoms with Crippen molar-refractivity contribution in [3.63, 3.8) is 0 Å². The molecule has 0 saturated carbocycles. The number of aliphatic hydroxyl groups is 1. The van der Waals surface area contributed by atoms with Gasteiger partial charge in [0, 0.05) is 0 Å². The van der Waals surface area contributed by atoms with Crippen LogP contribution in [-0.4, -0.2) is 35.6 Å². The van der Waals surface area contributed by atoms with Crippen LogP contribution in [0.1, 0.15) is 75.7 Å². The van der Waals surface area contributed by atoms with E-state index >= 15 is 0 Å². The minimum absolute atomic E-state index is 0. The largest absolute Gasteiger partial charge is 4.00 e. The summed E-state index contributed by atoms with van der Waals surface area (Å²) in [7, 11) is 0. The SMILES string of the molecule is CC(C)[O-].CC(C)[O-].CC(C)[O-].CC(C)[O-].CCC(C)O.[Ti+4]. The van der Waals surface area contributed by atoms with Crippen LogP contribution >= 0.6 is 0 Å². The van der Waals surface area contributed by atoms with Crippen molar-refractivity contribution in [2.75, 3.05) is 0 Å². The molecule has 0 spiro atoms. The summed E-state index contributed by atoms with van der Waals surface area (Å²) in [5.74, 6) is 0. The molecule has 0 aliphatic carbocycles. The summed E-state index contributed by atoms with van der Waals surface area (Å²) >= 11 is 0. The number of rotatable bonds is 1. The molecule has 22 heavy (non-hydrogen) atoms. The van der Waals surface area contributed by atoms with Crippen LogP contribution in [0.25, 0.3) is 0 Å². The van der Waals surface area contributed by atoms with Gasteiger partial charge in [-0.15, -0.1) is 24.4 Å². The molecule has 136 valence electrons. The Morgan fingerprint density at radius 2 is 0.636 bits per heavy atom. The second-order valence-corrected chi connectivity index (χ2v) is 5.45. The fraction of sp³-hybridized carbons (Fsp3) is 1.00. The molecule has 0 aliphatic rings. The number of aliphatic hydroxyl groups excluding tert-OH is 1. The molecule has 0 saturated heterocycles. The quantitative estimate of drug-likeness (QED) is 0.652. The van der Waals surface area contributed by atoms with Crippen molar-refractivity contribution in [3.05, 3.63) is 0 Å². The van der Waals surface area contributed by atoms with Crippen molar-refractivity contribution in [2.45, 2.75) is 106 Å². The van der Waals surface area contributed by atoms with Gasteiger partial charge in [0.15, 0.2) is 0 Å². The Morgan fingerprint density at radius 1 is 0.591 bits per heavy atom. The Hall–Kier alpha value is 0.514. The molecular weight excluding hydrogens is 320 g/mol. The first-order valence-electron chi connectivity index (χ1n) is 7.51. The minimum Gasteiger partial charge on any atom is -0.852 e. The Bertz CT molecular complexity index is 105. The van der Waals surface area contributed by atoms with E-state index in [4.69, 9.17) is 5.11 Å². The molecule has 0 bridgehead atoms. The smallest absolute Gasteiger partial charge is 0.852 e. The summed E-state index contributed by atoms with van der Waals surface area (Å²) in [5, 5.41) is 46.5. The summed E-state index contributed by atoms with van der Waals surface area (Å²) in [6.45, 7) is 16.6. The van der Waals surface area contributed by atoms with Gasteiger partial charge in [0.2, 0.25) is 0 Å². The molecule has 0 amide bonds. The molecule has 0 fully saturated rings. The van der Waals surface area contributed by atoms with Crippen LogP contribution in [0.2, 0.25) is 0 Å². The van der Waals surface area contributed by atoms with Crippen molar-refractivity contribution in [2.24, 2.45) is 0 Å². The van der Waals surface area contributed by atoms with E-state index < -0.39 is 24.4 Å². The Morgan fingerprint density at radius 3 is 0.636 bits per heavy atom. The molecule has 0 rings (SSSR count). The molecular formula is C16H38O5Ti. The summed E-state index contributed by atoms with van der Waals surface area (Å²) in [4.78, 5) is 0. The van der Waals surface area contributed by atoms with E-state index in [1.165, 1.54) is 0 Å². The first kappa shape index (κ1) is 38.2. The minimum atomic E-state index is -0.417. The number of hydrogen-bond acceptors (Lipinski definition) is 5. The second kappa shape index (κ2) is 33.2. The fourth-order valence-electron chi connectivity index (χ4n) is 0. The molecule has 1 unspecified atom stereocenters. The van der Waals surface area contributed by atoms with E-state index in [9.17, 15) is 20.4 Å². The van der Waals surface area contributed by atoms with Gasteiger partial charge in [0.05, 0.1) is 6.10 Å². The fourth-order valence-corrected chi connectivity index (χ4v) is 0. The van der Waals surface area contributed by atoms with Gasteiger partial charge in [-0.05, 0) is 13.3 Å². The molecule has 1 N–H and O–H groups in total. The summed E-state index contributed by atoms with van der Waals surface area (Å²) in [6.07, 6.45) is -0.921. The van der Waals surface area contributed by atoms with Crippen LogP contribution in [0, 0.1) is 0 Å². The van der Waals surface area contributed by atoms with Gasteiger partial charge in [0.25, 0.3) is 0 Å². The van der Waals surface area contributed by atoms with E-state index in [1.54, 1.807) is 62.3 Å². The van der Waals surface area contributed by atoms with Crippen molar-refractivity contribution in [1.29, 1.82) is 0 Å². The first-order chi connectivity index (χ1) is 9.20. The van der Waals surface area contributed by atoms with E-state index in [0.29, 0.717) is 0 Å². The average Bonchev–Trinajstić information content (AvgIpc) is 2.13. The van der Waals surface area contributed by atoms with Crippen LogP contribution < -0.4 is 20.4 Å². The maximum absolute atomic E-state index is 9.53.